The third-order valence-electron chi connectivity index (χ3n) is 3.54. The Hall–Kier alpha value is -0.770. The predicted molar refractivity (Wildman–Crippen MR) is 80.0 cm³/mol. The minimum Gasteiger partial charge on any atom is -0.491 e. The number of rotatable bonds is 6. The maximum atomic E-state index is 6.05. The fraction of sp³-hybridized carbons (Fsp3) is 0.600. The molecule has 2 rings (SSSR count). The molecule has 0 radical (unpaired) electrons. The van der Waals surface area contributed by atoms with E-state index in [4.69, 9.17) is 16.3 Å². The smallest absolute Gasteiger partial charge is 0.137 e. The van der Waals surface area contributed by atoms with E-state index in [2.05, 4.69) is 17.3 Å². The van der Waals surface area contributed by atoms with E-state index in [1.165, 1.54) is 19.4 Å². The molecule has 0 bridgehead atoms. The molecule has 1 fully saturated rings. The molecule has 0 aliphatic carbocycles. The SMILES string of the molecule is CN(CCOc1ccccc1Cl)CC1CCCNC1. The van der Waals surface area contributed by atoms with E-state index in [9.17, 15) is 0 Å². The zero-order valence-electron chi connectivity index (χ0n) is 11.6. The molecule has 0 spiro atoms. The van der Waals surface area contributed by atoms with Gasteiger partial charge in [-0.3, -0.25) is 0 Å². The van der Waals surface area contributed by atoms with Gasteiger partial charge in [-0.2, -0.15) is 0 Å². The fourth-order valence-electron chi connectivity index (χ4n) is 2.49. The second-order valence-electron chi connectivity index (χ2n) is 5.25. The number of hydrogen-bond donors (Lipinski definition) is 1. The Morgan fingerprint density at radius 3 is 3.00 bits per heavy atom. The first-order valence-corrected chi connectivity index (χ1v) is 7.40. The van der Waals surface area contributed by atoms with E-state index in [0.29, 0.717) is 11.6 Å². The first-order chi connectivity index (χ1) is 9.25. The van der Waals surface area contributed by atoms with Gasteiger partial charge in [-0.15, -0.1) is 0 Å². The van der Waals surface area contributed by atoms with Crippen molar-refractivity contribution in [2.24, 2.45) is 5.92 Å². The van der Waals surface area contributed by atoms with Gasteiger partial charge in [-0.25, -0.2) is 0 Å². The van der Waals surface area contributed by atoms with Crippen LogP contribution in [0.4, 0.5) is 0 Å². The van der Waals surface area contributed by atoms with Gasteiger partial charge in [0.15, 0.2) is 0 Å². The summed E-state index contributed by atoms with van der Waals surface area (Å²) in [7, 11) is 2.16. The van der Waals surface area contributed by atoms with E-state index >= 15 is 0 Å². The van der Waals surface area contributed by atoms with Crippen molar-refractivity contribution in [2.45, 2.75) is 12.8 Å². The van der Waals surface area contributed by atoms with Crippen molar-refractivity contribution in [1.82, 2.24) is 10.2 Å². The zero-order valence-corrected chi connectivity index (χ0v) is 12.3. The molecular formula is C15H23ClN2O. The molecule has 106 valence electrons. The highest BCUT2D eigenvalue weighted by Crippen LogP contribution is 2.22. The maximum Gasteiger partial charge on any atom is 0.137 e. The van der Waals surface area contributed by atoms with Crippen molar-refractivity contribution in [1.29, 1.82) is 0 Å². The fourth-order valence-corrected chi connectivity index (χ4v) is 2.68. The number of nitrogens with one attached hydrogen (secondary N) is 1. The van der Waals surface area contributed by atoms with Crippen LogP contribution in [-0.4, -0.2) is 44.7 Å². The van der Waals surface area contributed by atoms with Gasteiger partial charge in [-0.1, -0.05) is 23.7 Å². The van der Waals surface area contributed by atoms with Crippen molar-refractivity contribution in [2.75, 3.05) is 39.8 Å². The Labute approximate surface area is 120 Å². The molecule has 1 unspecified atom stereocenters. The number of benzene rings is 1. The number of ether oxygens (including phenoxy) is 1. The topological polar surface area (TPSA) is 24.5 Å². The first kappa shape index (κ1) is 14.6. The van der Waals surface area contributed by atoms with Gasteiger partial charge in [0, 0.05) is 13.1 Å². The standard InChI is InChI=1S/C15H23ClN2O/c1-18(12-13-5-4-8-17-11-13)9-10-19-15-7-3-2-6-14(15)16/h2-3,6-7,13,17H,4-5,8-12H2,1H3. The summed E-state index contributed by atoms with van der Waals surface area (Å²) in [6.45, 7) is 5.08. The van der Waals surface area contributed by atoms with Gasteiger partial charge in [0.05, 0.1) is 5.02 Å². The minimum atomic E-state index is 0.681. The van der Waals surface area contributed by atoms with Gasteiger partial charge in [0.2, 0.25) is 0 Å². The molecule has 19 heavy (non-hydrogen) atoms. The maximum absolute atomic E-state index is 6.05. The highest BCUT2D eigenvalue weighted by Gasteiger charge is 2.14. The number of nitrogens with zero attached hydrogens (tertiary/aromatic N) is 1. The van der Waals surface area contributed by atoms with Crippen molar-refractivity contribution in [3.8, 4) is 5.75 Å². The molecule has 1 aromatic rings. The van der Waals surface area contributed by atoms with Crippen molar-refractivity contribution in [3.63, 3.8) is 0 Å². The lowest BCUT2D eigenvalue weighted by molar-refractivity contribution is 0.201. The molecule has 1 N–H and O–H groups in total. The molecule has 1 atom stereocenters. The molecule has 0 amide bonds. The summed E-state index contributed by atoms with van der Waals surface area (Å²) in [5, 5.41) is 4.14. The lowest BCUT2D eigenvalue weighted by Gasteiger charge is -2.27. The van der Waals surface area contributed by atoms with Crippen LogP contribution in [0.15, 0.2) is 24.3 Å². The molecule has 1 heterocycles. The second kappa shape index (κ2) is 7.73. The summed E-state index contributed by atoms with van der Waals surface area (Å²) in [4.78, 5) is 2.34. The van der Waals surface area contributed by atoms with Gasteiger partial charge in [0.1, 0.15) is 12.4 Å². The molecule has 0 aromatic heterocycles. The van der Waals surface area contributed by atoms with Crippen LogP contribution < -0.4 is 10.1 Å². The van der Waals surface area contributed by atoms with E-state index in [1.54, 1.807) is 0 Å². The minimum absolute atomic E-state index is 0.681. The van der Waals surface area contributed by atoms with Gasteiger partial charge in [0.25, 0.3) is 0 Å². The molecule has 3 nitrogen and oxygen atoms in total. The second-order valence-corrected chi connectivity index (χ2v) is 5.66. The number of hydrogen-bond acceptors (Lipinski definition) is 3. The molecule has 1 aliphatic rings. The monoisotopic (exact) mass is 282 g/mol. The van der Waals surface area contributed by atoms with Crippen LogP contribution in [0.3, 0.4) is 0 Å². The lowest BCUT2D eigenvalue weighted by atomic mass is 9.99. The number of likely N-dealkylation sites (N-methyl/N-ethyl adjacent to an activating group) is 1. The van der Waals surface area contributed by atoms with Crippen LogP contribution in [-0.2, 0) is 0 Å². The van der Waals surface area contributed by atoms with Crippen molar-refractivity contribution < 1.29 is 4.74 Å². The van der Waals surface area contributed by atoms with Crippen LogP contribution in [0.5, 0.6) is 5.75 Å². The Morgan fingerprint density at radius 2 is 2.26 bits per heavy atom. The summed E-state index contributed by atoms with van der Waals surface area (Å²) in [5.41, 5.74) is 0. The van der Waals surface area contributed by atoms with Crippen LogP contribution in [0, 0.1) is 5.92 Å². The molecular weight excluding hydrogens is 260 g/mol. The average Bonchev–Trinajstić information content (AvgIpc) is 2.42. The van der Waals surface area contributed by atoms with E-state index in [0.717, 1.165) is 31.3 Å². The predicted octanol–water partition coefficient (Wildman–Crippen LogP) is 2.65. The van der Waals surface area contributed by atoms with Crippen LogP contribution in [0.1, 0.15) is 12.8 Å². The Morgan fingerprint density at radius 1 is 1.42 bits per heavy atom. The van der Waals surface area contributed by atoms with E-state index in [1.807, 2.05) is 24.3 Å². The summed E-state index contributed by atoms with van der Waals surface area (Å²) in [5.74, 6) is 1.55. The highest BCUT2D eigenvalue weighted by atomic mass is 35.5. The first-order valence-electron chi connectivity index (χ1n) is 7.02. The summed E-state index contributed by atoms with van der Waals surface area (Å²) >= 11 is 6.05. The Balaban J connectivity index is 1.66. The lowest BCUT2D eigenvalue weighted by Crippen LogP contribution is -2.38. The van der Waals surface area contributed by atoms with Crippen molar-refractivity contribution >= 4 is 11.6 Å². The van der Waals surface area contributed by atoms with Gasteiger partial charge >= 0.3 is 0 Å². The largest absolute Gasteiger partial charge is 0.491 e. The number of piperidine rings is 1. The quantitative estimate of drug-likeness (QED) is 0.868. The summed E-state index contributed by atoms with van der Waals surface area (Å²) in [6.07, 6.45) is 2.64. The third-order valence-corrected chi connectivity index (χ3v) is 3.85. The van der Waals surface area contributed by atoms with E-state index in [-0.39, 0.29) is 0 Å². The Kier molecular flexibility index (Phi) is 5.95. The number of para-hydroxylation sites is 1. The normalized spacial score (nSPS) is 19.6. The molecule has 4 heteroatoms. The molecule has 1 aromatic carbocycles. The van der Waals surface area contributed by atoms with Crippen LogP contribution in [0.25, 0.3) is 0 Å². The van der Waals surface area contributed by atoms with Crippen LogP contribution in [0.2, 0.25) is 5.02 Å². The summed E-state index contributed by atoms with van der Waals surface area (Å²) < 4.78 is 5.71. The number of halogens is 1. The van der Waals surface area contributed by atoms with Gasteiger partial charge < -0.3 is 15.0 Å². The third kappa shape index (κ3) is 5.01. The highest BCUT2D eigenvalue weighted by molar-refractivity contribution is 6.32. The van der Waals surface area contributed by atoms with Crippen LogP contribution >= 0.6 is 11.6 Å². The average molecular weight is 283 g/mol. The Bertz CT molecular complexity index is 380. The van der Waals surface area contributed by atoms with Gasteiger partial charge in [-0.05, 0) is 51.0 Å². The zero-order chi connectivity index (χ0) is 13.5. The van der Waals surface area contributed by atoms with E-state index < -0.39 is 0 Å². The molecule has 0 saturated carbocycles. The molecule has 1 saturated heterocycles. The van der Waals surface area contributed by atoms with Crippen molar-refractivity contribution in [3.05, 3.63) is 29.3 Å². The summed E-state index contributed by atoms with van der Waals surface area (Å²) in [6, 6.07) is 7.62. The molecule has 1 aliphatic heterocycles.